The van der Waals surface area contributed by atoms with Crippen molar-refractivity contribution >= 4 is 29.9 Å². The van der Waals surface area contributed by atoms with Gasteiger partial charge in [0.25, 0.3) is 0 Å². The van der Waals surface area contributed by atoms with E-state index < -0.39 is 12.0 Å². The summed E-state index contributed by atoms with van der Waals surface area (Å²) in [6.45, 7) is 5.01. The number of nitrogens with zero attached hydrogens (tertiary/aromatic N) is 3. The fourth-order valence-corrected chi connectivity index (χ4v) is 4.71. The Balaban J connectivity index is 0.00000256. The normalized spacial score (nSPS) is 26.5. The molecule has 1 aliphatic carbocycles. The van der Waals surface area contributed by atoms with Crippen LogP contribution in [0.5, 0.6) is 5.75 Å². The zero-order valence-electron chi connectivity index (χ0n) is 17.3. The van der Waals surface area contributed by atoms with Crippen LogP contribution >= 0.6 is 12.4 Å². The van der Waals surface area contributed by atoms with Gasteiger partial charge in [0.05, 0.1) is 30.7 Å². The minimum Gasteiger partial charge on any atom is -0.495 e. The number of allylic oxidation sites excluding steroid dienone is 1. The number of carbonyl (C=O) groups is 2. The van der Waals surface area contributed by atoms with Gasteiger partial charge in [0.2, 0.25) is 11.8 Å². The molecule has 0 bridgehead atoms. The van der Waals surface area contributed by atoms with Gasteiger partial charge in [-0.3, -0.25) is 19.4 Å². The lowest BCUT2D eigenvalue weighted by Crippen LogP contribution is -2.47. The number of methoxy groups -OCH3 is 1. The highest BCUT2D eigenvalue weighted by atomic mass is 35.5. The highest BCUT2D eigenvalue weighted by molar-refractivity contribution is 6.05. The van der Waals surface area contributed by atoms with Gasteiger partial charge in [-0.15, -0.1) is 12.4 Å². The van der Waals surface area contributed by atoms with Crippen LogP contribution < -0.4 is 9.64 Å². The van der Waals surface area contributed by atoms with Gasteiger partial charge in [-0.2, -0.15) is 0 Å². The van der Waals surface area contributed by atoms with Gasteiger partial charge in [-0.1, -0.05) is 24.3 Å². The van der Waals surface area contributed by atoms with E-state index in [1.165, 1.54) is 4.90 Å². The zero-order chi connectivity index (χ0) is 20.4. The molecule has 164 valence electrons. The molecule has 2 fully saturated rings. The smallest absolute Gasteiger partial charge is 0.236 e. The molecule has 4 rings (SSSR count). The predicted molar refractivity (Wildman–Crippen MR) is 117 cm³/mol. The number of halogens is 1. The highest BCUT2D eigenvalue weighted by Crippen LogP contribution is 2.35. The quantitative estimate of drug-likeness (QED) is 0.540. The Morgan fingerprint density at radius 3 is 2.50 bits per heavy atom. The molecule has 1 aromatic carbocycles. The first kappa shape index (κ1) is 22.6. The van der Waals surface area contributed by atoms with Gasteiger partial charge in [-0.05, 0) is 31.5 Å². The third-order valence-electron chi connectivity index (χ3n) is 6.31. The second-order valence-corrected chi connectivity index (χ2v) is 7.97. The number of piperazine rings is 1. The maximum Gasteiger partial charge on any atom is 0.236 e. The van der Waals surface area contributed by atoms with Crippen LogP contribution in [0.3, 0.4) is 0 Å². The van der Waals surface area contributed by atoms with Gasteiger partial charge in [0, 0.05) is 32.7 Å². The number of amides is 2. The summed E-state index contributed by atoms with van der Waals surface area (Å²) in [4.78, 5) is 31.2. The van der Waals surface area contributed by atoms with Crippen molar-refractivity contribution in [2.45, 2.75) is 18.9 Å². The average Bonchev–Trinajstić information content (AvgIpc) is 3.00. The molecule has 0 aromatic heterocycles. The van der Waals surface area contributed by atoms with Crippen molar-refractivity contribution in [3.05, 3.63) is 36.4 Å². The van der Waals surface area contributed by atoms with E-state index in [-0.39, 0.29) is 30.1 Å². The first-order valence-corrected chi connectivity index (χ1v) is 10.4. The van der Waals surface area contributed by atoms with E-state index in [1.807, 2.05) is 24.3 Å². The van der Waals surface area contributed by atoms with Crippen molar-refractivity contribution in [1.82, 2.24) is 9.80 Å². The Morgan fingerprint density at radius 2 is 1.80 bits per heavy atom. The Morgan fingerprint density at radius 1 is 1.07 bits per heavy atom. The Labute approximate surface area is 183 Å². The molecule has 0 saturated carbocycles. The summed E-state index contributed by atoms with van der Waals surface area (Å²) in [5, 5.41) is 10.1. The first-order valence-electron chi connectivity index (χ1n) is 10.4. The second-order valence-electron chi connectivity index (χ2n) is 7.97. The lowest BCUT2D eigenvalue weighted by atomic mass is 9.83. The number of carbonyl (C=O) groups excluding carboxylic acids is 2. The molecule has 2 saturated heterocycles. The van der Waals surface area contributed by atoms with Crippen molar-refractivity contribution in [2.75, 3.05) is 51.3 Å². The molecule has 8 heteroatoms. The van der Waals surface area contributed by atoms with E-state index in [4.69, 9.17) is 4.74 Å². The van der Waals surface area contributed by atoms with Crippen LogP contribution in [0.2, 0.25) is 0 Å². The standard InChI is InChI=1S/C22H29N3O4.ClH/c1-29-19-9-3-2-7-17(19)24-14-12-23(13-15-24)10-5-11-25-21(27)16-6-4-8-18(26)20(16)22(25)28;/h2-4,7-9,16,18,20,26H,5-6,10-15H2,1H3;1H. The fourth-order valence-electron chi connectivity index (χ4n) is 4.71. The first-order chi connectivity index (χ1) is 14.1. The molecule has 3 aliphatic rings. The number of rotatable bonds is 6. The van der Waals surface area contributed by atoms with Crippen LogP contribution in [-0.2, 0) is 9.59 Å². The molecule has 2 heterocycles. The summed E-state index contributed by atoms with van der Waals surface area (Å²) in [7, 11) is 1.70. The van der Waals surface area contributed by atoms with Crippen LogP contribution in [0.15, 0.2) is 36.4 Å². The van der Waals surface area contributed by atoms with Crippen LogP contribution in [0.25, 0.3) is 0 Å². The lowest BCUT2D eigenvalue weighted by Gasteiger charge is -2.36. The average molecular weight is 436 g/mol. The van der Waals surface area contributed by atoms with Crippen LogP contribution in [0, 0.1) is 11.8 Å². The lowest BCUT2D eigenvalue weighted by molar-refractivity contribution is -0.140. The zero-order valence-corrected chi connectivity index (χ0v) is 18.1. The van der Waals surface area contributed by atoms with Gasteiger partial charge >= 0.3 is 0 Å². The fraction of sp³-hybridized carbons (Fsp3) is 0.545. The SMILES string of the molecule is COc1ccccc1N1CCN(CCCN2C(=O)C3CC=CC(O)C3C2=O)CC1.Cl. The van der Waals surface area contributed by atoms with E-state index >= 15 is 0 Å². The summed E-state index contributed by atoms with van der Waals surface area (Å²) in [5.74, 6) is -0.406. The molecule has 1 aromatic rings. The molecular weight excluding hydrogens is 406 g/mol. The molecule has 7 nitrogen and oxygen atoms in total. The highest BCUT2D eigenvalue weighted by Gasteiger charge is 2.50. The molecule has 3 atom stereocenters. The molecule has 2 aliphatic heterocycles. The van der Waals surface area contributed by atoms with Crippen molar-refractivity contribution in [3.8, 4) is 5.75 Å². The van der Waals surface area contributed by atoms with Crippen molar-refractivity contribution in [1.29, 1.82) is 0 Å². The third kappa shape index (κ3) is 4.33. The van der Waals surface area contributed by atoms with Crippen molar-refractivity contribution in [2.24, 2.45) is 11.8 Å². The minimum absolute atomic E-state index is 0. The summed E-state index contributed by atoms with van der Waals surface area (Å²) >= 11 is 0. The molecule has 0 radical (unpaired) electrons. The topological polar surface area (TPSA) is 73.3 Å². The number of hydrogen-bond donors (Lipinski definition) is 1. The van der Waals surface area contributed by atoms with Crippen molar-refractivity contribution in [3.63, 3.8) is 0 Å². The number of hydrogen-bond acceptors (Lipinski definition) is 6. The Bertz CT molecular complexity index is 794. The summed E-state index contributed by atoms with van der Waals surface area (Å²) in [6, 6.07) is 8.07. The summed E-state index contributed by atoms with van der Waals surface area (Å²) in [5.41, 5.74) is 1.12. The van der Waals surface area contributed by atoms with E-state index in [9.17, 15) is 14.7 Å². The maximum atomic E-state index is 12.6. The number of fused-ring (bicyclic) bond motifs is 1. The van der Waals surface area contributed by atoms with E-state index in [0.717, 1.165) is 50.6 Å². The van der Waals surface area contributed by atoms with E-state index in [1.54, 1.807) is 13.2 Å². The number of aliphatic hydroxyl groups is 1. The van der Waals surface area contributed by atoms with Crippen LogP contribution in [0.4, 0.5) is 5.69 Å². The van der Waals surface area contributed by atoms with E-state index in [0.29, 0.717) is 13.0 Å². The van der Waals surface area contributed by atoms with Crippen molar-refractivity contribution < 1.29 is 19.4 Å². The monoisotopic (exact) mass is 435 g/mol. The molecule has 3 unspecified atom stereocenters. The van der Waals surface area contributed by atoms with Crippen LogP contribution in [0.1, 0.15) is 12.8 Å². The van der Waals surface area contributed by atoms with Crippen LogP contribution in [-0.4, -0.2) is 79.2 Å². The van der Waals surface area contributed by atoms with E-state index in [2.05, 4.69) is 15.9 Å². The van der Waals surface area contributed by atoms with Gasteiger partial charge in [0.15, 0.2) is 0 Å². The number of para-hydroxylation sites is 2. The summed E-state index contributed by atoms with van der Waals surface area (Å²) in [6.07, 6.45) is 3.92. The number of imide groups is 1. The van der Waals surface area contributed by atoms with Gasteiger partial charge < -0.3 is 14.7 Å². The molecular formula is C22H30ClN3O4. The minimum atomic E-state index is -0.835. The molecule has 30 heavy (non-hydrogen) atoms. The molecule has 1 N–H and O–H groups in total. The number of likely N-dealkylation sites (tertiary alicyclic amines) is 1. The number of aliphatic hydroxyl groups excluding tert-OH is 1. The number of benzene rings is 1. The van der Waals surface area contributed by atoms with Gasteiger partial charge in [-0.25, -0.2) is 0 Å². The maximum absolute atomic E-state index is 12.6. The molecule has 2 amide bonds. The molecule has 0 spiro atoms. The number of anilines is 1. The third-order valence-corrected chi connectivity index (χ3v) is 6.31. The second kappa shape index (κ2) is 9.81. The number of ether oxygens (including phenoxy) is 1. The summed E-state index contributed by atoms with van der Waals surface area (Å²) < 4.78 is 5.47. The Hall–Kier alpha value is -2.09. The Kier molecular flexibility index (Phi) is 7.39. The van der Waals surface area contributed by atoms with Gasteiger partial charge in [0.1, 0.15) is 5.75 Å². The predicted octanol–water partition coefficient (Wildman–Crippen LogP) is 1.55. The largest absolute Gasteiger partial charge is 0.495 e.